The number of hydrogen-bond acceptors (Lipinski definition) is 8. The van der Waals surface area contributed by atoms with Crippen molar-refractivity contribution in [1.82, 2.24) is 16.0 Å². The van der Waals surface area contributed by atoms with Crippen molar-refractivity contribution in [3.8, 4) is 0 Å². The Morgan fingerprint density at radius 2 is 1.34 bits per heavy atom. The molecule has 10 heteroatoms. The Bertz CT molecular complexity index is 667. The van der Waals surface area contributed by atoms with E-state index >= 15 is 0 Å². The molecule has 0 aliphatic carbocycles. The van der Waals surface area contributed by atoms with Gasteiger partial charge in [0.2, 0.25) is 0 Å². The van der Waals surface area contributed by atoms with E-state index in [0.29, 0.717) is 55.2 Å². The molecule has 0 aromatic heterocycles. The number of unbranched alkanes of at least 4 members (excludes halogenated alkanes) is 7. The number of hydrogen-bond donors (Lipinski definition) is 5. The number of carbonyl (C=O) groups excluding carboxylic acids is 4. The van der Waals surface area contributed by atoms with E-state index in [2.05, 4.69) is 16.0 Å². The number of aliphatic hydroxyl groups is 2. The molecule has 0 aromatic rings. The maximum Gasteiger partial charge on any atom is 0.315 e. The van der Waals surface area contributed by atoms with Gasteiger partial charge in [-0.25, -0.2) is 4.79 Å². The van der Waals surface area contributed by atoms with Gasteiger partial charge in [0.25, 0.3) is 0 Å². The molecule has 0 aromatic carbocycles. The van der Waals surface area contributed by atoms with Crippen LogP contribution in [0.1, 0.15) is 109 Å². The number of thioether (sulfide) groups is 1. The molecule has 3 unspecified atom stereocenters. The van der Waals surface area contributed by atoms with Gasteiger partial charge in [0.05, 0.1) is 12.1 Å². The molecule has 2 aliphatic heterocycles. The van der Waals surface area contributed by atoms with Gasteiger partial charge in [-0.1, -0.05) is 25.7 Å². The van der Waals surface area contributed by atoms with Crippen molar-refractivity contribution in [2.45, 2.75) is 133 Å². The lowest BCUT2D eigenvalue weighted by molar-refractivity contribution is -0.119. The minimum atomic E-state index is -1.24. The minimum absolute atomic E-state index is 0.00999. The van der Waals surface area contributed by atoms with Crippen LogP contribution in [0, 0.1) is 0 Å². The highest BCUT2D eigenvalue weighted by atomic mass is 32.2. The number of rotatable bonds is 23. The van der Waals surface area contributed by atoms with E-state index in [9.17, 15) is 14.4 Å². The third-order valence-electron chi connectivity index (χ3n) is 7.17. The second-order valence-corrected chi connectivity index (χ2v) is 11.7. The molecule has 220 valence electrons. The molecular weight excluding hydrogens is 506 g/mol. The summed E-state index contributed by atoms with van der Waals surface area (Å²) in [6.07, 6.45) is 13.4. The summed E-state index contributed by atoms with van der Waals surface area (Å²) >= 11 is 1.98. The molecule has 5 N–H and O–H groups in total. The number of carbonyl (C=O) groups is 4. The molecule has 38 heavy (non-hydrogen) atoms. The third-order valence-corrected chi connectivity index (χ3v) is 8.68. The van der Waals surface area contributed by atoms with Crippen LogP contribution in [-0.4, -0.2) is 77.1 Å². The lowest BCUT2D eigenvalue weighted by Gasteiger charge is -2.16. The molecule has 2 rings (SSSR count). The zero-order valence-electron chi connectivity index (χ0n) is 23.1. The predicted molar refractivity (Wildman–Crippen MR) is 152 cm³/mol. The van der Waals surface area contributed by atoms with Crippen LogP contribution in [0.4, 0.5) is 4.79 Å². The molecule has 2 amide bonds. The standard InChI is InChI=1S/C27H49N3O5S.CH2O/c31-21(14-6-2-8-17-25(33)34)12-4-1-5-13-22(32)15-7-3-10-18-28-19-11-9-16-24-26-23(20-36-24)29-27(35)30-26;1-2/h23-26,28,33-34H,1-20H2,(H2,29,30,35);1H2. The first-order valence-corrected chi connectivity index (χ1v) is 15.6. The summed E-state index contributed by atoms with van der Waals surface area (Å²) in [5.41, 5.74) is 0. The molecular formula is C28H51N3O6S. The van der Waals surface area contributed by atoms with Crippen molar-refractivity contribution in [2.75, 3.05) is 18.8 Å². The Balaban J connectivity index is 0.00000352. The van der Waals surface area contributed by atoms with E-state index in [-0.39, 0.29) is 11.8 Å². The van der Waals surface area contributed by atoms with Gasteiger partial charge in [-0.2, -0.15) is 11.8 Å². The van der Waals surface area contributed by atoms with Crippen molar-refractivity contribution in [3.05, 3.63) is 0 Å². The Kier molecular flexibility index (Phi) is 20.3. The molecule has 2 heterocycles. The number of Topliss-reactive ketones (excluding diaryl/α,β-unsaturated/α-hetero) is 2. The Morgan fingerprint density at radius 1 is 0.816 bits per heavy atom. The van der Waals surface area contributed by atoms with Crippen LogP contribution in [-0.2, 0) is 14.4 Å². The van der Waals surface area contributed by atoms with E-state index < -0.39 is 6.29 Å². The van der Waals surface area contributed by atoms with Crippen molar-refractivity contribution >= 4 is 36.1 Å². The quantitative estimate of drug-likeness (QED) is 0.0727. The van der Waals surface area contributed by atoms with E-state index in [1.54, 1.807) is 0 Å². The lowest BCUT2D eigenvalue weighted by Crippen LogP contribution is -2.36. The fraction of sp³-hybridized carbons (Fsp3) is 0.857. The first-order chi connectivity index (χ1) is 18.5. The number of aliphatic hydroxyl groups excluding tert-OH is 1. The molecule has 0 bridgehead atoms. The highest BCUT2D eigenvalue weighted by molar-refractivity contribution is 8.00. The van der Waals surface area contributed by atoms with Gasteiger partial charge in [-0.3, -0.25) is 9.59 Å². The monoisotopic (exact) mass is 557 g/mol. The zero-order chi connectivity index (χ0) is 28.0. The first-order valence-electron chi connectivity index (χ1n) is 14.5. The molecule has 2 saturated heterocycles. The van der Waals surface area contributed by atoms with E-state index in [1.807, 2.05) is 18.6 Å². The van der Waals surface area contributed by atoms with Crippen molar-refractivity contribution < 1.29 is 29.4 Å². The maximum absolute atomic E-state index is 12.0. The number of fused-ring (bicyclic) bond motifs is 1. The smallest absolute Gasteiger partial charge is 0.315 e. The van der Waals surface area contributed by atoms with Gasteiger partial charge in [0.15, 0.2) is 6.29 Å². The zero-order valence-corrected chi connectivity index (χ0v) is 23.9. The van der Waals surface area contributed by atoms with Gasteiger partial charge in [0, 0.05) is 36.7 Å². The van der Waals surface area contributed by atoms with Crippen LogP contribution in [0.3, 0.4) is 0 Å². The third kappa shape index (κ3) is 16.5. The van der Waals surface area contributed by atoms with Crippen LogP contribution >= 0.6 is 11.8 Å². The summed E-state index contributed by atoms with van der Waals surface area (Å²) in [6.45, 7) is 4.04. The Hall–Kier alpha value is -1.49. The maximum atomic E-state index is 12.0. The summed E-state index contributed by atoms with van der Waals surface area (Å²) in [6, 6.07) is 0.614. The Morgan fingerprint density at radius 3 is 1.92 bits per heavy atom. The second kappa shape index (κ2) is 22.3. The van der Waals surface area contributed by atoms with Crippen LogP contribution in [0.25, 0.3) is 0 Å². The number of amides is 2. The highest BCUT2D eigenvalue weighted by Gasteiger charge is 2.42. The molecule has 0 radical (unpaired) electrons. The largest absolute Gasteiger partial charge is 0.368 e. The molecule has 2 aliphatic rings. The number of urea groups is 1. The van der Waals surface area contributed by atoms with Crippen molar-refractivity contribution in [1.29, 1.82) is 0 Å². The van der Waals surface area contributed by atoms with Crippen LogP contribution in [0.15, 0.2) is 0 Å². The second-order valence-electron chi connectivity index (χ2n) is 10.4. The average molecular weight is 558 g/mol. The molecule has 0 spiro atoms. The first kappa shape index (κ1) is 34.5. The molecule has 9 nitrogen and oxygen atoms in total. The topological polar surface area (TPSA) is 145 Å². The Labute approximate surface area is 233 Å². The van der Waals surface area contributed by atoms with Gasteiger partial charge in [-0.15, -0.1) is 0 Å². The summed E-state index contributed by atoms with van der Waals surface area (Å²) in [5, 5.41) is 27.7. The van der Waals surface area contributed by atoms with Gasteiger partial charge < -0.3 is 31.0 Å². The number of nitrogens with one attached hydrogen (secondary N) is 3. The van der Waals surface area contributed by atoms with Crippen molar-refractivity contribution in [3.63, 3.8) is 0 Å². The van der Waals surface area contributed by atoms with Crippen molar-refractivity contribution in [2.24, 2.45) is 0 Å². The minimum Gasteiger partial charge on any atom is -0.368 e. The summed E-state index contributed by atoms with van der Waals surface area (Å²) in [7, 11) is 0. The summed E-state index contributed by atoms with van der Waals surface area (Å²) in [4.78, 5) is 43.3. The molecule has 2 fully saturated rings. The normalized spacial score (nSPS) is 20.0. The summed E-state index contributed by atoms with van der Waals surface area (Å²) in [5.74, 6) is 1.65. The fourth-order valence-corrected chi connectivity index (χ4v) is 6.55. The molecule has 3 atom stereocenters. The van der Waals surface area contributed by atoms with Crippen LogP contribution in [0.2, 0.25) is 0 Å². The SMILES string of the molecule is C=O.O=C(CCCCCNCCCCC1SCC2NC(=O)NC21)CCCCCC(=O)CCCCCC(O)O. The van der Waals surface area contributed by atoms with E-state index in [0.717, 1.165) is 89.5 Å². The summed E-state index contributed by atoms with van der Waals surface area (Å²) < 4.78 is 0. The van der Waals surface area contributed by atoms with Crippen LogP contribution in [0.5, 0.6) is 0 Å². The van der Waals surface area contributed by atoms with Gasteiger partial charge in [0.1, 0.15) is 18.4 Å². The lowest BCUT2D eigenvalue weighted by atomic mass is 10.0. The highest BCUT2D eigenvalue weighted by Crippen LogP contribution is 2.32. The van der Waals surface area contributed by atoms with E-state index in [4.69, 9.17) is 15.0 Å². The van der Waals surface area contributed by atoms with Gasteiger partial charge in [-0.05, 0) is 70.9 Å². The average Bonchev–Trinajstić information content (AvgIpc) is 3.45. The van der Waals surface area contributed by atoms with Crippen LogP contribution < -0.4 is 16.0 Å². The molecule has 0 saturated carbocycles. The van der Waals surface area contributed by atoms with E-state index in [1.165, 1.54) is 6.42 Å². The van der Waals surface area contributed by atoms with Gasteiger partial charge >= 0.3 is 6.03 Å². The number of ketones is 2. The fourth-order valence-electron chi connectivity index (χ4n) is 5.01. The predicted octanol–water partition coefficient (Wildman–Crippen LogP) is 3.64.